The number of alkyl halides is 3. The van der Waals surface area contributed by atoms with Crippen LogP contribution in [0.15, 0.2) is 0 Å². The molecule has 14 heavy (non-hydrogen) atoms. The molecule has 1 aliphatic carbocycles. The highest BCUT2D eigenvalue weighted by atomic mass is 19.4. The third-order valence-electron chi connectivity index (χ3n) is 3.18. The number of nitriles is 1. The lowest BCUT2D eigenvalue weighted by Crippen LogP contribution is -2.31. The predicted octanol–water partition coefficient (Wildman–Crippen LogP) is 3.51. The highest BCUT2D eigenvalue weighted by Gasteiger charge is 2.51. The second kappa shape index (κ2) is 4.20. The molecule has 0 radical (unpaired) electrons. The zero-order valence-electron chi connectivity index (χ0n) is 8.14. The molecule has 1 saturated carbocycles. The number of nitrogens with zero attached hydrogens (tertiary/aromatic N) is 1. The SMILES string of the molecule is CCC1CCC(CC#N)C1C(F)(F)F. The maximum Gasteiger partial charge on any atom is 0.392 e. The van der Waals surface area contributed by atoms with Gasteiger partial charge in [0.2, 0.25) is 0 Å². The van der Waals surface area contributed by atoms with Crippen molar-refractivity contribution in [1.29, 1.82) is 5.26 Å². The topological polar surface area (TPSA) is 23.8 Å². The van der Waals surface area contributed by atoms with Crippen molar-refractivity contribution >= 4 is 0 Å². The first-order chi connectivity index (χ1) is 6.50. The summed E-state index contributed by atoms with van der Waals surface area (Å²) >= 11 is 0. The normalized spacial score (nSPS) is 32.9. The molecule has 1 nitrogen and oxygen atoms in total. The van der Waals surface area contributed by atoms with Crippen molar-refractivity contribution in [2.45, 2.75) is 38.8 Å². The molecule has 1 rings (SSSR count). The standard InChI is InChI=1S/C10H14F3N/c1-2-7-3-4-8(5-6-14)9(7)10(11,12)13/h7-9H,2-5H2,1H3. The summed E-state index contributed by atoms with van der Waals surface area (Å²) in [6.45, 7) is 1.79. The Balaban J connectivity index is 2.76. The molecule has 0 aromatic carbocycles. The maximum atomic E-state index is 12.7. The summed E-state index contributed by atoms with van der Waals surface area (Å²) in [5.74, 6) is -1.98. The van der Waals surface area contributed by atoms with Crippen LogP contribution in [0.25, 0.3) is 0 Å². The molecule has 0 saturated heterocycles. The highest BCUT2D eigenvalue weighted by molar-refractivity contribution is 4.92. The van der Waals surface area contributed by atoms with Crippen molar-refractivity contribution in [2.24, 2.45) is 17.8 Å². The molecule has 0 heterocycles. The summed E-state index contributed by atoms with van der Waals surface area (Å²) in [7, 11) is 0. The Labute approximate surface area is 81.9 Å². The van der Waals surface area contributed by atoms with Gasteiger partial charge in [0.05, 0.1) is 12.0 Å². The monoisotopic (exact) mass is 205 g/mol. The van der Waals surface area contributed by atoms with Gasteiger partial charge in [0.15, 0.2) is 0 Å². The lowest BCUT2D eigenvalue weighted by Gasteiger charge is -2.25. The molecular weight excluding hydrogens is 191 g/mol. The summed E-state index contributed by atoms with van der Waals surface area (Å²) in [4.78, 5) is 0. The number of rotatable bonds is 2. The van der Waals surface area contributed by atoms with Crippen LogP contribution in [0.1, 0.15) is 32.6 Å². The van der Waals surface area contributed by atoms with Crippen LogP contribution in [0.2, 0.25) is 0 Å². The van der Waals surface area contributed by atoms with Gasteiger partial charge in [-0.2, -0.15) is 18.4 Å². The number of halogens is 3. The quantitative estimate of drug-likeness (QED) is 0.676. The molecule has 4 heteroatoms. The minimum atomic E-state index is -4.13. The van der Waals surface area contributed by atoms with Gasteiger partial charge in [0, 0.05) is 6.42 Å². The molecule has 80 valence electrons. The van der Waals surface area contributed by atoms with Gasteiger partial charge in [-0.25, -0.2) is 0 Å². The van der Waals surface area contributed by atoms with Crippen molar-refractivity contribution in [2.75, 3.05) is 0 Å². The Morgan fingerprint density at radius 1 is 1.29 bits per heavy atom. The smallest absolute Gasteiger partial charge is 0.198 e. The Kier molecular flexibility index (Phi) is 3.41. The van der Waals surface area contributed by atoms with Gasteiger partial charge >= 0.3 is 6.18 Å². The summed E-state index contributed by atoms with van der Waals surface area (Å²) in [6, 6.07) is 1.86. The zero-order chi connectivity index (χ0) is 10.8. The van der Waals surface area contributed by atoms with Gasteiger partial charge in [0.1, 0.15) is 0 Å². The van der Waals surface area contributed by atoms with Crippen LogP contribution in [0.4, 0.5) is 13.2 Å². The van der Waals surface area contributed by atoms with Gasteiger partial charge in [-0.1, -0.05) is 13.3 Å². The summed E-state index contributed by atoms with van der Waals surface area (Å²) in [5, 5.41) is 8.45. The van der Waals surface area contributed by atoms with Crippen LogP contribution in [0.3, 0.4) is 0 Å². The summed E-state index contributed by atoms with van der Waals surface area (Å²) < 4.78 is 38.0. The van der Waals surface area contributed by atoms with Crippen LogP contribution in [0, 0.1) is 29.1 Å². The second-order valence-electron chi connectivity index (χ2n) is 3.94. The zero-order valence-corrected chi connectivity index (χ0v) is 8.14. The van der Waals surface area contributed by atoms with E-state index in [4.69, 9.17) is 5.26 Å². The van der Waals surface area contributed by atoms with E-state index in [9.17, 15) is 13.2 Å². The Bertz CT molecular complexity index is 229. The fourth-order valence-corrected chi connectivity index (χ4v) is 2.51. The molecule has 1 aliphatic rings. The largest absolute Gasteiger partial charge is 0.392 e. The molecule has 0 amide bonds. The molecule has 0 spiro atoms. The highest BCUT2D eigenvalue weighted by Crippen LogP contribution is 2.49. The van der Waals surface area contributed by atoms with Crippen molar-refractivity contribution < 1.29 is 13.2 Å². The van der Waals surface area contributed by atoms with Crippen LogP contribution in [-0.4, -0.2) is 6.18 Å². The maximum absolute atomic E-state index is 12.7. The predicted molar refractivity (Wildman–Crippen MR) is 46.3 cm³/mol. The molecular formula is C10H14F3N. The first kappa shape index (κ1) is 11.4. The van der Waals surface area contributed by atoms with Gasteiger partial charge in [-0.15, -0.1) is 0 Å². The summed E-state index contributed by atoms with van der Waals surface area (Å²) in [5.41, 5.74) is 0. The van der Waals surface area contributed by atoms with Crippen LogP contribution in [0.5, 0.6) is 0 Å². The Hall–Kier alpha value is -0.720. The van der Waals surface area contributed by atoms with E-state index in [0.29, 0.717) is 19.3 Å². The Morgan fingerprint density at radius 2 is 1.86 bits per heavy atom. The average molecular weight is 205 g/mol. The van der Waals surface area contributed by atoms with Gasteiger partial charge in [-0.3, -0.25) is 0 Å². The first-order valence-electron chi connectivity index (χ1n) is 4.94. The van der Waals surface area contributed by atoms with Crippen LogP contribution in [-0.2, 0) is 0 Å². The van der Waals surface area contributed by atoms with E-state index < -0.39 is 18.0 Å². The first-order valence-corrected chi connectivity index (χ1v) is 4.94. The molecule has 0 aliphatic heterocycles. The number of hydrogen-bond donors (Lipinski definition) is 0. The second-order valence-corrected chi connectivity index (χ2v) is 3.94. The van der Waals surface area contributed by atoms with E-state index in [2.05, 4.69) is 0 Å². The molecule has 3 atom stereocenters. The minimum absolute atomic E-state index is 0.0423. The third kappa shape index (κ3) is 2.20. The van der Waals surface area contributed by atoms with Crippen LogP contribution < -0.4 is 0 Å². The van der Waals surface area contributed by atoms with E-state index in [1.165, 1.54) is 0 Å². The van der Waals surface area contributed by atoms with E-state index >= 15 is 0 Å². The molecule has 0 aromatic rings. The van der Waals surface area contributed by atoms with Crippen molar-refractivity contribution in [3.63, 3.8) is 0 Å². The minimum Gasteiger partial charge on any atom is -0.198 e. The lowest BCUT2D eigenvalue weighted by molar-refractivity contribution is -0.194. The van der Waals surface area contributed by atoms with E-state index in [0.717, 1.165) is 0 Å². The van der Waals surface area contributed by atoms with Crippen molar-refractivity contribution in [3.05, 3.63) is 0 Å². The molecule has 1 fully saturated rings. The lowest BCUT2D eigenvalue weighted by atomic mass is 9.86. The fourth-order valence-electron chi connectivity index (χ4n) is 2.51. The van der Waals surface area contributed by atoms with E-state index in [1.807, 2.05) is 6.07 Å². The van der Waals surface area contributed by atoms with Crippen molar-refractivity contribution in [1.82, 2.24) is 0 Å². The number of hydrogen-bond acceptors (Lipinski definition) is 1. The molecule has 0 bridgehead atoms. The van der Waals surface area contributed by atoms with Gasteiger partial charge in [-0.05, 0) is 24.7 Å². The van der Waals surface area contributed by atoms with Gasteiger partial charge in [0.25, 0.3) is 0 Å². The fraction of sp³-hybridized carbons (Fsp3) is 0.900. The Morgan fingerprint density at radius 3 is 2.29 bits per heavy atom. The van der Waals surface area contributed by atoms with E-state index in [-0.39, 0.29) is 12.3 Å². The molecule has 0 aromatic heterocycles. The third-order valence-corrected chi connectivity index (χ3v) is 3.18. The van der Waals surface area contributed by atoms with Crippen molar-refractivity contribution in [3.8, 4) is 6.07 Å². The summed E-state index contributed by atoms with van der Waals surface area (Å²) in [6.07, 6.45) is -2.35. The van der Waals surface area contributed by atoms with E-state index in [1.54, 1.807) is 6.92 Å². The average Bonchev–Trinajstić information content (AvgIpc) is 2.47. The van der Waals surface area contributed by atoms with Gasteiger partial charge < -0.3 is 0 Å². The molecule has 0 N–H and O–H groups in total. The van der Waals surface area contributed by atoms with Crippen LogP contribution >= 0.6 is 0 Å². The molecule has 3 unspecified atom stereocenters.